The van der Waals surface area contributed by atoms with E-state index < -0.39 is 0 Å². The van der Waals surface area contributed by atoms with E-state index in [4.69, 9.17) is 4.74 Å². The molecule has 0 aromatic carbocycles. The molecule has 1 aliphatic carbocycles. The zero-order valence-corrected chi connectivity index (χ0v) is 9.83. The normalized spacial score (nSPS) is 26.3. The van der Waals surface area contributed by atoms with Crippen LogP contribution in [0, 0.1) is 5.92 Å². The highest BCUT2D eigenvalue weighted by molar-refractivity contribution is 5.69. The second-order valence-corrected chi connectivity index (χ2v) is 4.19. The third kappa shape index (κ3) is 4.20. The maximum Gasteiger partial charge on any atom is 0.307 e. The summed E-state index contributed by atoms with van der Waals surface area (Å²) in [5, 5.41) is 0. The van der Waals surface area contributed by atoms with Crippen LogP contribution in [0.3, 0.4) is 0 Å². The number of hydrogen-bond acceptors (Lipinski definition) is 3. The lowest BCUT2D eigenvalue weighted by Gasteiger charge is -2.30. The fourth-order valence-electron chi connectivity index (χ4n) is 2.26. The van der Waals surface area contributed by atoms with Crippen molar-refractivity contribution in [3.63, 3.8) is 0 Å². The molecule has 0 amide bonds. The quantitative estimate of drug-likeness (QED) is 0.660. The van der Waals surface area contributed by atoms with Crippen molar-refractivity contribution in [3.05, 3.63) is 0 Å². The van der Waals surface area contributed by atoms with Crippen LogP contribution in [-0.2, 0) is 14.3 Å². The summed E-state index contributed by atoms with van der Waals surface area (Å²) in [6, 6.07) is 0. The van der Waals surface area contributed by atoms with E-state index in [2.05, 4.69) is 11.7 Å². The first-order valence-corrected chi connectivity index (χ1v) is 5.96. The minimum absolute atomic E-state index is 0.182. The van der Waals surface area contributed by atoms with Gasteiger partial charge < -0.3 is 9.47 Å². The van der Waals surface area contributed by atoms with E-state index in [-0.39, 0.29) is 5.97 Å². The third-order valence-electron chi connectivity index (χ3n) is 3.23. The smallest absolute Gasteiger partial charge is 0.307 e. The van der Waals surface area contributed by atoms with Crippen LogP contribution in [0.4, 0.5) is 0 Å². The van der Waals surface area contributed by atoms with E-state index in [1.807, 2.05) is 0 Å². The van der Waals surface area contributed by atoms with Crippen LogP contribution < -0.4 is 0 Å². The van der Waals surface area contributed by atoms with Crippen molar-refractivity contribution < 1.29 is 14.3 Å². The summed E-state index contributed by atoms with van der Waals surface area (Å²) in [7, 11) is 1.41. The number of methoxy groups -OCH3 is 1. The Morgan fingerprint density at radius 1 is 1.33 bits per heavy atom. The molecule has 0 bridgehead atoms. The SMILES string of the molecule is CCC1CCCCC1OCCC(=O)OC. The van der Waals surface area contributed by atoms with Gasteiger partial charge in [-0.3, -0.25) is 4.79 Å². The minimum Gasteiger partial charge on any atom is -0.469 e. The third-order valence-corrected chi connectivity index (χ3v) is 3.23. The summed E-state index contributed by atoms with van der Waals surface area (Å²) < 4.78 is 10.3. The predicted molar refractivity (Wildman–Crippen MR) is 58.6 cm³/mol. The van der Waals surface area contributed by atoms with Gasteiger partial charge in [0, 0.05) is 0 Å². The molecule has 0 N–H and O–H groups in total. The predicted octanol–water partition coefficient (Wildman–Crippen LogP) is 2.53. The van der Waals surface area contributed by atoms with Crippen LogP contribution in [0.15, 0.2) is 0 Å². The Kier molecular flexibility index (Phi) is 5.69. The highest BCUT2D eigenvalue weighted by Crippen LogP contribution is 2.29. The molecule has 1 aliphatic rings. The van der Waals surface area contributed by atoms with Gasteiger partial charge in [0.05, 0.1) is 26.2 Å². The zero-order chi connectivity index (χ0) is 11.1. The summed E-state index contributed by atoms with van der Waals surface area (Å²) in [6.45, 7) is 2.72. The molecule has 0 spiro atoms. The van der Waals surface area contributed by atoms with Crippen molar-refractivity contribution in [1.29, 1.82) is 0 Å². The second kappa shape index (κ2) is 6.83. The van der Waals surface area contributed by atoms with Crippen LogP contribution >= 0.6 is 0 Å². The van der Waals surface area contributed by atoms with E-state index in [9.17, 15) is 4.79 Å². The van der Waals surface area contributed by atoms with Gasteiger partial charge in [-0.2, -0.15) is 0 Å². The van der Waals surface area contributed by atoms with Gasteiger partial charge in [0.1, 0.15) is 0 Å². The summed E-state index contributed by atoms with van der Waals surface area (Å²) in [4.78, 5) is 10.9. The molecule has 2 atom stereocenters. The lowest BCUT2D eigenvalue weighted by molar-refractivity contribution is -0.142. The van der Waals surface area contributed by atoms with Gasteiger partial charge >= 0.3 is 5.97 Å². The lowest BCUT2D eigenvalue weighted by Crippen LogP contribution is -2.28. The van der Waals surface area contributed by atoms with E-state index in [1.54, 1.807) is 0 Å². The van der Waals surface area contributed by atoms with Crippen LogP contribution in [0.2, 0.25) is 0 Å². The maximum atomic E-state index is 10.9. The molecule has 0 aromatic heterocycles. The fraction of sp³-hybridized carbons (Fsp3) is 0.917. The molecule has 0 aliphatic heterocycles. The topological polar surface area (TPSA) is 35.5 Å². The minimum atomic E-state index is -0.182. The monoisotopic (exact) mass is 214 g/mol. The van der Waals surface area contributed by atoms with Crippen LogP contribution in [-0.4, -0.2) is 25.8 Å². The summed E-state index contributed by atoms with van der Waals surface area (Å²) in [5.41, 5.74) is 0. The largest absolute Gasteiger partial charge is 0.469 e. The van der Waals surface area contributed by atoms with Gasteiger partial charge in [0.25, 0.3) is 0 Å². The second-order valence-electron chi connectivity index (χ2n) is 4.19. The van der Waals surface area contributed by atoms with E-state index >= 15 is 0 Å². The Hall–Kier alpha value is -0.570. The number of carbonyl (C=O) groups is 1. The Morgan fingerprint density at radius 2 is 2.07 bits per heavy atom. The van der Waals surface area contributed by atoms with Gasteiger partial charge in [0.2, 0.25) is 0 Å². The van der Waals surface area contributed by atoms with Crippen molar-refractivity contribution >= 4 is 5.97 Å². The molecule has 0 saturated heterocycles. The van der Waals surface area contributed by atoms with Gasteiger partial charge in [0.15, 0.2) is 0 Å². The standard InChI is InChI=1S/C12H22O3/c1-3-10-6-4-5-7-11(10)15-9-8-12(13)14-2/h10-11H,3-9H2,1-2H3. The molecule has 0 aromatic rings. The average Bonchev–Trinajstić information content (AvgIpc) is 2.29. The van der Waals surface area contributed by atoms with Gasteiger partial charge in [-0.25, -0.2) is 0 Å². The molecule has 0 radical (unpaired) electrons. The molecule has 3 heteroatoms. The van der Waals surface area contributed by atoms with Crippen molar-refractivity contribution in [2.45, 2.75) is 51.6 Å². The van der Waals surface area contributed by atoms with Crippen LogP contribution in [0.1, 0.15) is 45.4 Å². The number of esters is 1. The van der Waals surface area contributed by atoms with Crippen molar-refractivity contribution in [1.82, 2.24) is 0 Å². The summed E-state index contributed by atoms with van der Waals surface area (Å²) in [5.74, 6) is 0.509. The highest BCUT2D eigenvalue weighted by atomic mass is 16.5. The Labute approximate surface area is 92.1 Å². The summed E-state index contributed by atoms with van der Waals surface area (Å²) in [6.07, 6.45) is 6.95. The van der Waals surface area contributed by atoms with E-state index in [0.717, 1.165) is 6.42 Å². The zero-order valence-electron chi connectivity index (χ0n) is 9.83. The average molecular weight is 214 g/mol. The molecule has 0 heterocycles. The molecule has 1 saturated carbocycles. The molecular formula is C12H22O3. The maximum absolute atomic E-state index is 10.9. The first kappa shape index (κ1) is 12.5. The molecule has 88 valence electrons. The van der Waals surface area contributed by atoms with Crippen molar-refractivity contribution in [3.8, 4) is 0 Å². The molecule has 15 heavy (non-hydrogen) atoms. The van der Waals surface area contributed by atoms with Crippen molar-refractivity contribution in [2.75, 3.05) is 13.7 Å². The number of carbonyl (C=O) groups excluding carboxylic acids is 1. The number of rotatable bonds is 5. The molecule has 2 unspecified atom stereocenters. The van der Waals surface area contributed by atoms with Crippen LogP contribution in [0.25, 0.3) is 0 Å². The number of ether oxygens (including phenoxy) is 2. The first-order chi connectivity index (χ1) is 7.27. The lowest BCUT2D eigenvalue weighted by atomic mass is 9.85. The highest BCUT2D eigenvalue weighted by Gasteiger charge is 2.24. The van der Waals surface area contributed by atoms with Gasteiger partial charge in [-0.05, 0) is 18.8 Å². The molecular weight excluding hydrogens is 192 g/mol. The van der Waals surface area contributed by atoms with E-state index in [0.29, 0.717) is 25.0 Å². The summed E-state index contributed by atoms with van der Waals surface area (Å²) >= 11 is 0. The number of hydrogen-bond donors (Lipinski definition) is 0. The molecule has 3 nitrogen and oxygen atoms in total. The fourth-order valence-corrected chi connectivity index (χ4v) is 2.26. The van der Waals surface area contributed by atoms with Gasteiger partial charge in [-0.15, -0.1) is 0 Å². The first-order valence-electron chi connectivity index (χ1n) is 5.96. The van der Waals surface area contributed by atoms with Gasteiger partial charge in [-0.1, -0.05) is 26.2 Å². The Balaban J connectivity index is 2.20. The Morgan fingerprint density at radius 3 is 2.73 bits per heavy atom. The van der Waals surface area contributed by atoms with Crippen LogP contribution in [0.5, 0.6) is 0 Å². The Bertz CT molecular complexity index is 191. The molecule has 1 rings (SSSR count). The van der Waals surface area contributed by atoms with Crippen molar-refractivity contribution in [2.24, 2.45) is 5.92 Å². The van der Waals surface area contributed by atoms with E-state index in [1.165, 1.54) is 32.8 Å². The molecule has 1 fully saturated rings.